The van der Waals surface area contributed by atoms with E-state index in [9.17, 15) is 9.59 Å². The van der Waals surface area contributed by atoms with Crippen LogP contribution in [0, 0.1) is 0 Å². The first-order chi connectivity index (χ1) is 16.3. The molecule has 2 aromatic carbocycles. The number of fused-ring (bicyclic) bond motifs is 1. The van der Waals surface area contributed by atoms with Gasteiger partial charge in [0.05, 0.1) is 12.1 Å². The van der Waals surface area contributed by atoms with Crippen LogP contribution >= 0.6 is 11.8 Å². The Bertz CT molecular complexity index is 1040. The van der Waals surface area contributed by atoms with E-state index >= 15 is 0 Å². The van der Waals surface area contributed by atoms with Crippen molar-refractivity contribution < 1.29 is 14.0 Å². The SMILES string of the molecule is C[Si](C)(C)OC1([C@H]2NC(=O)N3[C@H](c4ccccc4)SC(Cc4ccccc4)[C@@H]23)CCCCC1=O. The molecular weight excluding hydrogens is 460 g/mol. The van der Waals surface area contributed by atoms with Crippen LogP contribution in [0.2, 0.25) is 19.6 Å². The Morgan fingerprint density at radius 3 is 2.35 bits per heavy atom. The molecule has 34 heavy (non-hydrogen) atoms. The predicted molar refractivity (Wildman–Crippen MR) is 139 cm³/mol. The second-order valence-corrected chi connectivity index (χ2v) is 16.4. The first-order valence-corrected chi connectivity index (χ1v) is 16.7. The second kappa shape index (κ2) is 9.17. The number of hydrogen-bond acceptors (Lipinski definition) is 4. The molecule has 1 aliphatic carbocycles. The van der Waals surface area contributed by atoms with Crippen molar-refractivity contribution in [1.29, 1.82) is 0 Å². The van der Waals surface area contributed by atoms with Gasteiger partial charge in [0.1, 0.15) is 11.0 Å². The average molecular weight is 495 g/mol. The molecule has 5 atom stereocenters. The molecule has 2 aliphatic heterocycles. The lowest BCUT2D eigenvalue weighted by molar-refractivity contribution is -0.142. The highest BCUT2D eigenvalue weighted by molar-refractivity contribution is 8.00. The number of nitrogens with one attached hydrogen (secondary N) is 1. The smallest absolute Gasteiger partial charge is 0.319 e. The number of amides is 2. The molecule has 2 amide bonds. The maximum Gasteiger partial charge on any atom is 0.319 e. The van der Waals surface area contributed by atoms with Gasteiger partial charge in [0.25, 0.3) is 0 Å². The molecule has 1 N–H and O–H groups in total. The molecule has 0 aromatic heterocycles. The van der Waals surface area contributed by atoms with Gasteiger partial charge in [-0.25, -0.2) is 4.79 Å². The minimum absolute atomic E-state index is 0.0764. The van der Waals surface area contributed by atoms with Gasteiger partial charge in [-0.15, -0.1) is 11.8 Å². The number of nitrogens with zero attached hydrogens (tertiary/aromatic N) is 1. The zero-order valence-corrected chi connectivity index (χ0v) is 22.0. The van der Waals surface area contributed by atoms with Crippen molar-refractivity contribution in [2.45, 2.75) is 80.1 Å². The third kappa shape index (κ3) is 4.34. The minimum atomic E-state index is -2.07. The lowest BCUT2D eigenvalue weighted by Crippen LogP contribution is -2.65. The molecule has 180 valence electrons. The molecule has 0 bridgehead atoms. The van der Waals surface area contributed by atoms with Gasteiger partial charge in [0, 0.05) is 11.7 Å². The second-order valence-electron chi connectivity index (χ2n) is 10.7. The van der Waals surface area contributed by atoms with E-state index in [1.807, 2.05) is 40.9 Å². The molecule has 5 nitrogen and oxygen atoms in total. The number of thioether (sulfide) groups is 1. The number of ketones is 1. The van der Waals surface area contributed by atoms with Gasteiger partial charge >= 0.3 is 6.03 Å². The molecule has 2 saturated heterocycles. The largest absolute Gasteiger partial charge is 0.403 e. The van der Waals surface area contributed by atoms with Crippen molar-refractivity contribution in [3.05, 3.63) is 71.8 Å². The Labute approximate surface area is 207 Å². The van der Waals surface area contributed by atoms with Crippen LogP contribution in [-0.2, 0) is 15.6 Å². The van der Waals surface area contributed by atoms with E-state index in [4.69, 9.17) is 4.43 Å². The van der Waals surface area contributed by atoms with Crippen LogP contribution in [0.3, 0.4) is 0 Å². The summed E-state index contributed by atoms with van der Waals surface area (Å²) in [6, 6.07) is 20.2. The third-order valence-corrected chi connectivity index (χ3v) is 9.67. The molecule has 2 heterocycles. The molecule has 3 fully saturated rings. The Kier molecular flexibility index (Phi) is 6.38. The summed E-state index contributed by atoms with van der Waals surface area (Å²) < 4.78 is 6.80. The number of urea groups is 1. The summed E-state index contributed by atoms with van der Waals surface area (Å²) in [6.45, 7) is 6.43. The zero-order valence-electron chi connectivity index (χ0n) is 20.2. The van der Waals surface area contributed by atoms with Gasteiger partial charge in [0.15, 0.2) is 14.1 Å². The molecule has 0 radical (unpaired) electrons. The van der Waals surface area contributed by atoms with Crippen LogP contribution in [-0.4, -0.2) is 48.0 Å². The van der Waals surface area contributed by atoms with Gasteiger partial charge in [-0.3, -0.25) is 4.79 Å². The van der Waals surface area contributed by atoms with E-state index in [1.54, 1.807) is 0 Å². The van der Waals surface area contributed by atoms with Gasteiger partial charge in [-0.1, -0.05) is 60.7 Å². The topological polar surface area (TPSA) is 58.6 Å². The van der Waals surface area contributed by atoms with E-state index in [0.29, 0.717) is 12.8 Å². The summed E-state index contributed by atoms with van der Waals surface area (Å²) in [5.74, 6) is 0.167. The highest BCUT2D eigenvalue weighted by atomic mass is 32.2. The fraction of sp³-hybridized carbons (Fsp3) is 0.481. The lowest BCUT2D eigenvalue weighted by atomic mass is 9.75. The number of Topliss-reactive ketones (excluding diaryl/α,β-unsaturated/α-hetero) is 1. The average Bonchev–Trinajstić information content (AvgIpc) is 3.35. The Morgan fingerprint density at radius 1 is 1.03 bits per heavy atom. The van der Waals surface area contributed by atoms with Gasteiger partial charge in [0.2, 0.25) is 0 Å². The number of carbonyl (C=O) groups is 2. The van der Waals surface area contributed by atoms with E-state index in [1.165, 1.54) is 5.56 Å². The molecule has 7 heteroatoms. The fourth-order valence-electron chi connectivity index (χ4n) is 5.89. The van der Waals surface area contributed by atoms with Crippen molar-refractivity contribution >= 4 is 31.9 Å². The summed E-state index contributed by atoms with van der Waals surface area (Å²) >= 11 is 1.85. The van der Waals surface area contributed by atoms with E-state index < -0.39 is 13.9 Å². The summed E-state index contributed by atoms with van der Waals surface area (Å²) in [5.41, 5.74) is 1.44. The number of hydrogen-bond donors (Lipinski definition) is 1. The Balaban J connectivity index is 1.57. The molecule has 2 aromatic rings. The van der Waals surface area contributed by atoms with Crippen LogP contribution in [0.15, 0.2) is 60.7 Å². The summed E-state index contributed by atoms with van der Waals surface area (Å²) in [7, 11) is -2.07. The van der Waals surface area contributed by atoms with Crippen molar-refractivity contribution in [2.24, 2.45) is 0 Å². The van der Waals surface area contributed by atoms with E-state index in [2.05, 4.69) is 61.4 Å². The summed E-state index contributed by atoms with van der Waals surface area (Å²) in [6.07, 6.45) is 3.92. The minimum Gasteiger partial charge on any atom is -0.403 e. The molecular formula is C27H34N2O3SSi. The van der Waals surface area contributed by atoms with Gasteiger partial charge in [-0.2, -0.15) is 0 Å². The third-order valence-electron chi connectivity index (χ3n) is 7.14. The van der Waals surface area contributed by atoms with Crippen LogP contribution in [0.4, 0.5) is 4.79 Å². The Morgan fingerprint density at radius 2 is 1.71 bits per heavy atom. The summed E-state index contributed by atoms with van der Waals surface area (Å²) in [4.78, 5) is 29.2. The quantitative estimate of drug-likeness (QED) is 0.536. The molecule has 3 aliphatic rings. The van der Waals surface area contributed by atoms with Crippen molar-refractivity contribution in [3.63, 3.8) is 0 Å². The first-order valence-electron chi connectivity index (χ1n) is 12.4. The fourth-order valence-corrected chi connectivity index (χ4v) is 9.08. The normalized spacial score (nSPS) is 31.4. The maximum atomic E-state index is 13.6. The number of rotatable bonds is 6. The van der Waals surface area contributed by atoms with Gasteiger partial charge in [-0.05, 0) is 56.5 Å². The monoisotopic (exact) mass is 494 g/mol. The van der Waals surface area contributed by atoms with Crippen molar-refractivity contribution in [3.8, 4) is 0 Å². The van der Waals surface area contributed by atoms with E-state index in [0.717, 1.165) is 24.8 Å². The van der Waals surface area contributed by atoms with Crippen LogP contribution in [0.1, 0.15) is 42.2 Å². The standard InChI is InChI=1S/C27H34N2O3SSi/c1-34(2,3)32-27(17-11-10-16-22(27)30)24-23-21(18-19-12-6-4-7-13-19)33-25(29(23)26(31)28-24)20-14-8-5-9-15-20/h4-9,12-15,21,23-25H,10-11,16-18H2,1-3H3,(H,28,31)/t21?,23-,24-,25-,27?/m0/s1. The van der Waals surface area contributed by atoms with Crippen LogP contribution < -0.4 is 5.32 Å². The van der Waals surface area contributed by atoms with Crippen molar-refractivity contribution in [2.75, 3.05) is 0 Å². The highest BCUT2D eigenvalue weighted by Gasteiger charge is 2.62. The number of benzene rings is 2. The maximum absolute atomic E-state index is 13.6. The molecule has 5 rings (SSSR count). The van der Waals surface area contributed by atoms with Crippen LogP contribution in [0.25, 0.3) is 0 Å². The Hall–Kier alpha value is -2.09. The molecule has 2 unspecified atom stereocenters. The highest BCUT2D eigenvalue weighted by Crippen LogP contribution is 2.53. The van der Waals surface area contributed by atoms with Crippen molar-refractivity contribution in [1.82, 2.24) is 10.2 Å². The predicted octanol–water partition coefficient (Wildman–Crippen LogP) is 5.54. The molecule has 0 spiro atoms. The van der Waals surface area contributed by atoms with Crippen LogP contribution in [0.5, 0.6) is 0 Å². The summed E-state index contributed by atoms with van der Waals surface area (Å²) in [5, 5.41) is 3.37. The van der Waals surface area contributed by atoms with Gasteiger partial charge < -0.3 is 14.6 Å². The lowest BCUT2D eigenvalue weighted by Gasteiger charge is -2.46. The number of carbonyl (C=O) groups excluding carboxylic acids is 2. The molecule has 1 saturated carbocycles. The van der Waals surface area contributed by atoms with E-state index in [-0.39, 0.29) is 34.5 Å². The first kappa shape index (κ1) is 23.6. The zero-order chi connectivity index (χ0) is 23.9.